The summed E-state index contributed by atoms with van der Waals surface area (Å²) in [4.78, 5) is 15.4. The van der Waals surface area contributed by atoms with E-state index in [1.54, 1.807) is 0 Å². The van der Waals surface area contributed by atoms with Gasteiger partial charge in [0.2, 0.25) is 5.91 Å². The maximum absolute atomic E-state index is 11.8. The van der Waals surface area contributed by atoms with Crippen LogP contribution in [0.3, 0.4) is 0 Å². The molecular formula is C11H14N2O4S. The summed E-state index contributed by atoms with van der Waals surface area (Å²) in [5.41, 5.74) is 0. The molecule has 1 aliphatic rings. The third-order valence-corrected chi connectivity index (χ3v) is 3.96. The minimum atomic E-state index is -3.82. The van der Waals surface area contributed by atoms with Gasteiger partial charge in [0, 0.05) is 19.0 Å². The molecular weight excluding hydrogens is 256 g/mol. The number of nitrogens with one attached hydrogen (secondary N) is 1. The van der Waals surface area contributed by atoms with Crippen LogP contribution in [0.5, 0.6) is 0 Å². The van der Waals surface area contributed by atoms with E-state index >= 15 is 0 Å². The van der Waals surface area contributed by atoms with Crippen LogP contribution >= 0.6 is 0 Å². The number of pyridine rings is 1. The van der Waals surface area contributed by atoms with Crippen molar-refractivity contribution in [1.29, 1.82) is 0 Å². The highest BCUT2D eigenvalue weighted by molar-refractivity contribution is 7.90. The molecule has 0 aromatic carbocycles. The molecule has 1 aliphatic carbocycles. The van der Waals surface area contributed by atoms with Crippen LogP contribution in [-0.4, -0.2) is 32.0 Å². The first-order valence-corrected chi connectivity index (χ1v) is 7.11. The molecule has 98 valence electrons. The first-order chi connectivity index (χ1) is 8.54. The normalized spacial score (nSPS) is 22.5. The van der Waals surface area contributed by atoms with Gasteiger partial charge in [-0.1, -0.05) is 0 Å². The number of aromatic nitrogens is 1. The summed E-state index contributed by atoms with van der Waals surface area (Å²) in [5.74, 6) is -0.881. The Hall–Kier alpha value is -1.47. The van der Waals surface area contributed by atoms with Gasteiger partial charge in [-0.15, -0.1) is 0 Å². The fraction of sp³-hybridized carbons (Fsp3) is 0.455. The van der Waals surface area contributed by atoms with Crippen molar-refractivity contribution in [2.45, 2.75) is 24.3 Å². The number of rotatable bonds is 5. The highest BCUT2D eigenvalue weighted by Gasteiger charge is 2.45. The van der Waals surface area contributed by atoms with E-state index < -0.39 is 15.9 Å². The molecule has 1 amide bonds. The second-order valence-corrected chi connectivity index (χ2v) is 5.68. The molecule has 0 saturated heterocycles. The van der Waals surface area contributed by atoms with Crippen LogP contribution < -0.4 is 4.72 Å². The second-order valence-electron chi connectivity index (χ2n) is 3.99. The Morgan fingerprint density at radius 1 is 1.61 bits per heavy atom. The highest BCUT2D eigenvalue weighted by Crippen LogP contribution is 2.34. The lowest BCUT2D eigenvalue weighted by Crippen LogP contribution is -2.32. The topological polar surface area (TPSA) is 85.4 Å². The van der Waals surface area contributed by atoms with Gasteiger partial charge in [-0.2, -0.15) is 0 Å². The molecule has 0 spiro atoms. The molecule has 1 aromatic heterocycles. The van der Waals surface area contributed by atoms with Crippen LogP contribution in [0.25, 0.3) is 0 Å². The van der Waals surface area contributed by atoms with Gasteiger partial charge in [0.25, 0.3) is 10.0 Å². The van der Waals surface area contributed by atoms with Gasteiger partial charge in [-0.05, 0) is 25.5 Å². The van der Waals surface area contributed by atoms with Crippen LogP contribution in [0.2, 0.25) is 0 Å². The number of nitrogens with zero attached hydrogens (tertiary/aromatic N) is 1. The van der Waals surface area contributed by atoms with Crippen molar-refractivity contribution in [2.75, 3.05) is 6.61 Å². The van der Waals surface area contributed by atoms with Gasteiger partial charge in [0.05, 0.1) is 12.0 Å². The van der Waals surface area contributed by atoms with Crippen molar-refractivity contribution < 1.29 is 17.9 Å². The average molecular weight is 270 g/mol. The fourth-order valence-corrected chi connectivity index (χ4v) is 2.61. The molecule has 1 heterocycles. The first kappa shape index (κ1) is 13.0. The first-order valence-electron chi connectivity index (χ1n) is 5.63. The molecule has 0 aliphatic heterocycles. The zero-order valence-corrected chi connectivity index (χ0v) is 10.7. The number of ether oxygens (including phenoxy) is 1. The van der Waals surface area contributed by atoms with E-state index in [2.05, 4.69) is 4.98 Å². The lowest BCUT2D eigenvalue weighted by Gasteiger charge is -2.06. The summed E-state index contributed by atoms with van der Waals surface area (Å²) in [7, 11) is -3.82. The summed E-state index contributed by atoms with van der Waals surface area (Å²) in [6.07, 6.45) is 3.08. The average Bonchev–Trinajstić information content (AvgIpc) is 3.10. The lowest BCUT2D eigenvalue weighted by atomic mass is 10.4. The van der Waals surface area contributed by atoms with Crippen molar-refractivity contribution >= 4 is 15.9 Å². The molecule has 0 radical (unpaired) electrons. The van der Waals surface area contributed by atoms with Gasteiger partial charge in [0.15, 0.2) is 0 Å². The van der Waals surface area contributed by atoms with Gasteiger partial charge in [-0.3, -0.25) is 9.78 Å². The Morgan fingerprint density at radius 3 is 3.00 bits per heavy atom. The summed E-state index contributed by atoms with van der Waals surface area (Å²) >= 11 is 0. The van der Waals surface area contributed by atoms with Crippen LogP contribution in [0.1, 0.15) is 13.3 Å². The SMILES string of the molecule is CCO[C@@H]1C[C@@H]1C(=O)NS(=O)(=O)c1cccnc1. The molecule has 2 rings (SSSR count). The number of amides is 1. The Balaban J connectivity index is 2.00. The number of hydrogen-bond donors (Lipinski definition) is 1. The summed E-state index contributed by atoms with van der Waals surface area (Å²) < 4.78 is 30.9. The smallest absolute Gasteiger partial charge is 0.265 e. The van der Waals surface area contributed by atoms with Crippen LogP contribution in [0.15, 0.2) is 29.4 Å². The molecule has 1 aromatic rings. The number of carbonyl (C=O) groups is 1. The van der Waals surface area contributed by atoms with Gasteiger partial charge in [-0.25, -0.2) is 13.1 Å². The molecule has 7 heteroatoms. The van der Waals surface area contributed by atoms with Crippen molar-refractivity contribution in [3.63, 3.8) is 0 Å². The molecule has 2 atom stereocenters. The Labute approximate surface area is 105 Å². The van der Waals surface area contributed by atoms with Gasteiger partial charge in [0.1, 0.15) is 4.90 Å². The van der Waals surface area contributed by atoms with Gasteiger partial charge < -0.3 is 4.74 Å². The quantitative estimate of drug-likeness (QED) is 0.832. The van der Waals surface area contributed by atoms with Crippen LogP contribution in [-0.2, 0) is 19.6 Å². The summed E-state index contributed by atoms with van der Waals surface area (Å²) in [6, 6.07) is 2.88. The van der Waals surface area contributed by atoms with Crippen molar-refractivity contribution in [3.8, 4) is 0 Å². The Kier molecular flexibility index (Phi) is 3.63. The summed E-state index contributed by atoms with van der Waals surface area (Å²) in [5, 5.41) is 0. The maximum Gasteiger partial charge on any atom is 0.265 e. The molecule has 18 heavy (non-hydrogen) atoms. The largest absolute Gasteiger partial charge is 0.378 e. The van der Waals surface area contributed by atoms with Gasteiger partial charge >= 0.3 is 0 Å². The van der Waals surface area contributed by atoms with E-state index in [1.165, 1.54) is 24.5 Å². The fourth-order valence-electron chi connectivity index (χ4n) is 1.62. The predicted octanol–water partition coefficient (Wildman–Crippen LogP) is 0.311. The zero-order valence-electron chi connectivity index (χ0n) is 9.87. The van der Waals surface area contributed by atoms with E-state index in [-0.39, 0.29) is 16.9 Å². The molecule has 1 N–H and O–H groups in total. The van der Waals surface area contributed by atoms with E-state index in [0.717, 1.165) is 0 Å². The van der Waals surface area contributed by atoms with Crippen LogP contribution in [0, 0.1) is 5.92 Å². The number of carbonyl (C=O) groups excluding carboxylic acids is 1. The summed E-state index contributed by atoms with van der Waals surface area (Å²) in [6.45, 7) is 2.35. The van der Waals surface area contributed by atoms with E-state index in [9.17, 15) is 13.2 Å². The van der Waals surface area contributed by atoms with Crippen molar-refractivity contribution in [3.05, 3.63) is 24.5 Å². The monoisotopic (exact) mass is 270 g/mol. The maximum atomic E-state index is 11.8. The minimum Gasteiger partial charge on any atom is -0.378 e. The Bertz CT molecular complexity index is 529. The molecule has 0 bridgehead atoms. The Morgan fingerprint density at radius 2 is 2.39 bits per heavy atom. The van der Waals surface area contributed by atoms with E-state index in [1.807, 2.05) is 11.6 Å². The molecule has 6 nitrogen and oxygen atoms in total. The van der Waals surface area contributed by atoms with Crippen molar-refractivity contribution in [1.82, 2.24) is 9.71 Å². The number of sulfonamides is 1. The van der Waals surface area contributed by atoms with Crippen molar-refractivity contribution in [2.24, 2.45) is 5.92 Å². The standard InChI is InChI=1S/C11H14N2O4S/c1-2-17-10-6-9(10)11(14)13-18(15,16)8-4-3-5-12-7-8/h3-5,7,9-10H,2,6H2,1H3,(H,13,14)/t9-,10+/m0/s1. The third-order valence-electron chi connectivity index (χ3n) is 2.63. The molecule has 0 unspecified atom stereocenters. The molecule has 1 fully saturated rings. The lowest BCUT2D eigenvalue weighted by molar-refractivity contribution is -0.121. The minimum absolute atomic E-state index is 0.0213. The zero-order chi connectivity index (χ0) is 13.2. The van der Waals surface area contributed by atoms with E-state index in [0.29, 0.717) is 13.0 Å². The second kappa shape index (κ2) is 5.03. The third kappa shape index (κ3) is 2.85. The van der Waals surface area contributed by atoms with Crippen LogP contribution in [0.4, 0.5) is 0 Å². The highest BCUT2D eigenvalue weighted by atomic mass is 32.2. The molecule has 1 saturated carbocycles. The van der Waals surface area contributed by atoms with E-state index in [4.69, 9.17) is 4.74 Å². The number of hydrogen-bond acceptors (Lipinski definition) is 5. The predicted molar refractivity (Wildman–Crippen MR) is 63.1 cm³/mol.